The van der Waals surface area contributed by atoms with E-state index in [4.69, 9.17) is 0 Å². The summed E-state index contributed by atoms with van der Waals surface area (Å²) in [6, 6.07) is 21.6. The van der Waals surface area contributed by atoms with Crippen LogP contribution in [-0.2, 0) is 21.4 Å². The van der Waals surface area contributed by atoms with Crippen molar-refractivity contribution in [3.05, 3.63) is 101 Å². The van der Waals surface area contributed by atoms with Crippen LogP contribution in [0.2, 0.25) is 0 Å². The number of hydrogen-bond donors (Lipinski definition) is 2. The van der Waals surface area contributed by atoms with Crippen LogP contribution in [0.25, 0.3) is 21.8 Å². The maximum Gasteiger partial charge on any atom is 0.264 e. The Bertz CT molecular complexity index is 1660. The Morgan fingerprint density at radius 1 is 0.800 bits per heavy atom. The Kier molecular flexibility index (Phi) is 5.71. The van der Waals surface area contributed by atoms with Gasteiger partial charge < -0.3 is 9.88 Å². The van der Waals surface area contributed by atoms with Gasteiger partial charge in [0.15, 0.2) is 5.43 Å². The van der Waals surface area contributed by atoms with Crippen LogP contribution in [-0.4, -0.2) is 28.9 Å². The molecule has 3 aromatic carbocycles. The molecule has 0 radical (unpaired) electrons. The van der Waals surface area contributed by atoms with E-state index >= 15 is 0 Å². The minimum Gasteiger partial charge on any atom is -0.331 e. The van der Waals surface area contributed by atoms with Gasteiger partial charge >= 0.3 is 0 Å². The lowest BCUT2D eigenvalue weighted by Crippen LogP contribution is -2.21. The average molecular weight is 486 g/mol. The van der Waals surface area contributed by atoms with E-state index in [1.807, 2.05) is 12.1 Å². The SMILES string of the molecule is O=C(Cn1c2ccccc2c(=O)c2ccccc21)Nc1ccc(S(=O)(=O)Nc2ncccn2)cc1. The third-order valence-corrected chi connectivity index (χ3v) is 6.76. The van der Waals surface area contributed by atoms with E-state index in [-0.39, 0.29) is 28.7 Å². The molecular weight excluding hydrogens is 466 g/mol. The molecule has 2 aromatic heterocycles. The van der Waals surface area contributed by atoms with Crippen molar-refractivity contribution in [2.45, 2.75) is 11.4 Å². The summed E-state index contributed by atoms with van der Waals surface area (Å²) in [5.74, 6) is -0.360. The summed E-state index contributed by atoms with van der Waals surface area (Å²) >= 11 is 0. The van der Waals surface area contributed by atoms with Gasteiger partial charge in [0.2, 0.25) is 11.9 Å². The standard InChI is InChI=1S/C25H19N5O4S/c31-23(16-30-21-8-3-1-6-19(21)24(32)20-7-2-4-9-22(20)30)28-17-10-12-18(13-11-17)35(33,34)29-25-26-14-5-15-27-25/h1-15H,16H2,(H,28,31)(H,26,27,29). The molecule has 0 aliphatic carbocycles. The number of carbonyl (C=O) groups is 1. The number of anilines is 2. The summed E-state index contributed by atoms with van der Waals surface area (Å²) in [6.45, 7) is -0.0335. The minimum atomic E-state index is -3.88. The van der Waals surface area contributed by atoms with Gasteiger partial charge in [0, 0.05) is 28.9 Å². The second-order valence-corrected chi connectivity index (χ2v) is 9.38. The summed E-state index contributed by atoms with van der Waals surface area (Å²) < 4.78 is 29.2. The number of para-hydroxylation sites is 2. The van der Waals surface area contributed by atoms with Gasteiger partial charge in [-0.05, 0) is 54.6 Å². The zero-order chi connectivity index (χ0) is 24.4. The highest BCUT2D eigenvalue weighted by molar-refractivity contribution is 7.92. The number of benzene rings is 3. The summed E-state index contributed by atoms with van der Waals surface area (Å²) in [4.78, 5) is 33.5. The molecule has 2 N–H and O–H groups in total. The smallest absolute Gasteiger partial charge is 0.264 e. The number of fused-ring (bicyclic) bond motifs is 2. The van der Waals surface area contributed by atoms with E-state index in [9.17, 15) is 18.0 Å². The van der Waals surface area contributed by atoms with Crippen LogP contribution in [0.1, 0.15) is 0 Å². The molecule has 2 heterocycles. The first-order valence-corrected chi connectivity index (χ1v) is 12.1. The highest BCUT2D eigenvalue weighted by Crippen LogP contribution is 2.20. The van der Waals surface area contributed by atoms with Gasteiger partial charge in [-0.2, -0.15) is 0 Å². The van der Waals surface area contributed by atoms with Crippen LogP contribution >= 0.6 is 0 Å². The Labute approximate surface area is 200 Å². The van der Waals surface area contributed by atoms with Gasteiger partial charge in [-0.15, -0.1) is 0 Å². The van der Waals surface area contributed by atoms with Gasteiger partial charge in [0.25, 0.3) is 10.0 Å². The Morgan fingerprint density at radius 2 is 1.37 bits per heavy atom. The lowest BCUT2D eigenvalue weighted by atomic mass is 10.1. The van der Waals surface area contributed by atoms with Crippen LogP contribution < -0.4 is 15.5 Å². The summed E-state index contributed by atoms with van der Waals surface area (Å²) in [5, 5.41) is 3.85. The number of rotatable bonds is 6. The fourth-order valence-electron chi connectivity index (χ4n) is 3.84. The lowest BCUT2D eigenvalue weighted by Gasteiger charge is -2.15. The normalized spacial score (nSPS) is 11.4. The average Bonchev–Trinajstić information content (AvgIpc) is 2.87. The van der Waals surface area contributed by atoms with Crippen LogP contribution in [0.15, 0.2) is 101 Å². The molecule has 0 aliphatic heterocycles. The van der Waals surface area contributed by atoms with E-state index in [2.05, 4.69) is 20.0 Å². The number of pyridine rings is 1. The molecule has 0 fully saturated rings. The number of aromatic nitrogens is 3. The molecule has 5 aromatic rings. The van der Waals surface area contributed by atoms with Gasteiger partial charge in [-0.1, -0.05) is 24.3 Å². The molecule has 0 saturated heterocycles. The maximum atomic E-state index is 12.9. The highest BCUT2D eigenvalue weighted by Gasteiger charge is 2.16. The number of amides is 1. The quantitative estimate of drug-likeness (QED) is 0.356. The first kappa shape index (κ1) is 22.2. The van der Waals surface area contributed by atoms with Gasteiger partial charge in [0.1, 0.15) is 6.54 Å². The summed E-state index contributed by atoms with van der Waals surface area (Å²) in [6.07, 6.45) is 2.86. The van der Waals surface area contributed by atoms with Gasteiger partial charge in [-0.25, -0.2) is 23.1 Å². The molecule has 0 saturated carbocycles. The zero-order valence-electron chi connectivity index (χ0n) is 18.3. The zero-order valence-corrected chi connectivity index (χ0v) is 19.1. The second-order valence-electron chi connectivity index (χ2n) is 7.70. The van der Waals surface area contributed by atoms with E-state index < -0.39 is 10.0 Å². The minimum absolute atomic E-state index is 0.000324. The molecule has 0 bridgehead atoms. The van der Waals surface area contributed by atoms with Crippen molar-refractivity contribution in [1.29, 1.82) is 0 Å². The summed E-state index contributed by atoms with van der Waals surface area (Å²) in [5.41, 5.74) is 1.66. The molecule has 0 aliphatic rings. The van der Waals surface area contributed by atoms with Crippen LogP contribution in [0.5, 0.6) is 0 Å². The molecule has 0 spiro atoms. The number of nitrogens with one attached hydrogen (secondary N) is 2. The largest absolute Gasteiger partial charge is 0.331 e. The second kappa shape index (κ2) is 8.99. The molecule has 0 unspecified atom stereocenters. The highest BCUT2D eigenvalue weighted by atomic mass is 32.2. The lowest BCUT2D eigenvalue weighted by molar-refractivity contribution is -0.116. The molecule has 5 rings (SSSR count). The van der Waals surface area contributed by atoms with E-state index in [1.165, 1.54) is 36.7 Å². The van der Waals surface area contributed by atoms with Crippen LogP contribution in [0, 0.1) is 0 Å². The molecule has 0 atom stereocenters. The summed E-state index contributed by atoms with van der Waals surface area (Å²) in [7, 11) is -3.88. The van der Waals surface area contributed by atoms with Crippen molar-refractivity contribution >= 4 is 49.4 Å². The molecule has 10 heteroatoms. The molecule has 1 amide bonds. The van der Waals surface area contributed by atoms with Gasteiger partial charge in [-0.3, -0.25) is 9.59 Å². The topological polar surface area (TPSA) is 123 Å². The van der Waals surface area contributed by atoms with Crippen LogP contribution in [0.3, 0.4) is 0 Å². The van der Waals surface area contributed by atoms with E-state index in [0.717, 1.165) is 0 Å². The van der Waals surface area contributed by atoms with Crippen molar-refractivity contribution in [3.8, 4) is 0 Å². The number of hydrogen-bond acceptors (Lipinski definition) is 6. The Morgan fingerprint density at radius 3 is 1.97 bits per heavy atom. The van der Waals surface area contributed by atoms with Crippen molar-refractivity contribution < 1.29 is 13.2 Å². The first-order chi connectivity index (χ1) is 16.9. The molecular formula is C25H19N5O4S. The Hall–Kier alpha value is -4.57. The molecule has 174 valence electrons. The van der Waals surface area contributed by atoms with Crippen molar-refractivity contribution in [2.24, 2.45) is 0 Å². The van der Waals surface area contributed by atoms with Crippen molar-refractivity contribution in [2.75, 3.05) is 10.0 Å². The van der Waals surface area contributed by atoms with Crippen LogP contribution in [0.4, 0.5) is 11.6 Å². The van der Waals surface area contributed by atoms with Gasteiger partial charge in [0.05, 0.1) is 15.9 Å². The molecule has 35 heavy (non-hydrogen) atoms. The Balaban J connectivity index is 1.38. The predicted molar refractivity (Wildman–Crippen MR) is 134 cm³/mol. The molecule has 9 nitrogen and oxygen atoms in total. The first-order valence-electron chi connectivity index (χ1n) is 10.6. The van der Waals surface area contributed by atoms with Crippen molar-refractivity contribution in [1.82, 2.24) is 14.5 Å². The third-order valence-electron chi connectivity index (χ3n) is 5.42. The maximum absolute atomic E-state index is 12.9. The number of nitrogens with zero attached hydrogens (tertiary/aromatic N) is 3. The monoisotopic (exact) mass is 485 g/mol. The van der Waals surface area contributed by atoms with E-state index in [1.54, 1.807) is 47.0 Å². The predicted octanol–water partition coefficient (Wildman–Crippen LogP) is 3.38. The fourth-order valence-corrected chi connectivity index (χ4v) is 4.80. The number of carbonyl (C=O) groups excluding carboxylic acids is 1. The van der Waals surface area contributed by atoms with E-state index in [0.29, 0.717) is 27.5 Å². The fraction of sp³-hybridized carbons (Fsp3) is 0.0400. The van der Waals surface area contributed by atoms with Crippen molar-refractivity contribution in [3.63, 3.8) is 0 Å². The number of sulfonamides is 1. The third kappa shape index (κ3) is 4.46.